The van der Waals surface area contributed by atoms with Gasteiger partial charge in [0.05, 0.1) is 29.2 Å². The summed E-state index contributed by atoms with van der Waals surface area (Å²) in [6, 6.07) is 8.65. The van der Waals surface area contributed by atoms with Gasteiger partial charge >= 0.3 is 0 Å². The second-order valence-electron chi connectivity index (χ2n) is 12.1. The van der Waals surface area contributed by atoms with E-state index in [-0.39, 0.29) is 30.4 Å². The van der Waals surface area contributed by atoms with E-state index in [1.807, 2.05) is 48.2 Å². The number of hydrogen-bond acceptors (Lipinski definition) is 5. The van der Waals surface area contributed by atoms with Crippen molar-refractivity contribution in [3.8, 4) is 0 Å². The third kappa shape index (κ3) is 4.17. The van der Waals surface area contributed by atoms with Crippen molar-refractivity contribution in [1.82, 2.24) is 14.7 Å². The molecule has 1 saturated carbocycles. The first kappa shape index (κ1) is 26.6. The molecule has 6 atom stereocenters. The number of aliphatic hydroxyl groups excluding tert-OH is 1. The van der Waals surface area contributed by atoms with Crippen molar-refractivity contribution in [1.29, 1.82) is 0 Å². The van der Waals surface area contributed by atoms with Gasteiger partial charge in [-0.05, 0) is 31.7 Å². The minimum atomic E-state index is -0.876. The topological polar surface area (TPSA) is 81.2 Å². The average molecular weight is 550 g/mol. The predicted molar refractivity (Wildman–Crippen MR) is 152 cm³/mol. The third-order valence-electron chi connectivity index (χ3n) is 9.66. The summed E-state index contributed by atoms with van der Waals surface area (Å²) in [7, 11) is 1.79. The standard InChI is InChI=1S/C31H39N3O4S/c1-30-15-9-17-32(2)27(36)24(30)25-28(37)34(23(20-35)19-21-11-5-3-6-12-21)26-29(38)33(22-13-7-4-8-14-22)18-10-16-31(25,26)39-30/h3,5-6,9-12,15-16,22-26,35H,4,7-8,13-14,17-20H2,1-2H3/t23-,24+,25+,26?,30-,31+/m1/s1. The lowest BCUT2D eigenvalue weighted by atomic mass is 9.74. The molecule has 6 rings (SSSR count). The SMILES string of the molecule is CN1CC=C[C@@]2(C)S[C@]34C=CCN(C5CCCCC5)C(=O)C3N([C@@H](CO)Cc3ccccc3)C(=O)[C@@H]4[C@H]2C1=O. The number of carbonyl (C=O) groups is 3. The van der Waals surface area contributed by atoms with Crippen LogP contribution in [0.15, 0.2) is 54.6 Å². The number of fused-ring (bicyclic) bond motifs is 2. The summed E-state index contributed by atoms with van der Waals surface area (Å²) in [6.07, 6.45) is 14.1. The second-order valence-corrected chi connectivity index (χ2v) is 13.9. The van der Waals surface area contributed by atoms with Crippen molar-refractivity contribution in [3.63, 3.8) is 0 Å². The molecule has 8 heteroatoms. The molecule has 208 valence electrons. The van der Waals surface area contributed by atoms with Gasteiger partial charge in [-0.2, -0.15) is 0 Å². The molecule has 1 aromatic rings. The Morgan fingerprint density at radius 2 is 1.67 bits per heavy atom. The Hall–Kier alpha value is -2.58. The predicted octanol–water partition coefficient (Wildman–Crippen LogP) is 3.04. The van der Waals surface area contributed by atoms with Crippen LogP contribution in [0.2, 0.25) is 0 Å². The molecule has 0 bridgehead atoms. The fourth-order valence-corrected chi connectivity index (χ4v) is 10.00. The minimum Gasteiger partial charge on any atom is -0.394 e. The van der Waals surface area contributed by atoms with Crippen molar-refractivity contribution in [2.24, 2.45) is 11.8 Å². The van der Waals surface area contributed by atoms with Crippen LogP contribution in [0.4, 0.5) is 0 Å². The smallest absolute Gasteiger partial charge is 0.247 e. The van der Waals surface area contributed by atoms with E-state index in [9.17, 15) is 19.5 Å². The number of likely N-dealkylation sites (N-methyl/N-ethyl adjacent to an activating group) is 1. The van der Waals surface area contributed by atoms with Gasteiger partial charge in [0.2, 0.25) is 17.7 Å². The third-order valence-corrected chi connectivity index (χ3v) is 11.5. The van der Waals surface area contributed by atoms with Crippen LogP contribution in [0.5, 0.6) is 0 Å². The molecule has 5 aliphatic rings. The summed E-state index contributed by atoms with van der Waals surface area (Å²) in [5, 5.41) is 10.7. The van der Waals surface area contributed by atoms with Gasteiger partial charge in [-0.3, -0.25) is 14.4 Å². The van der Waals surface area contributed by atoms with Gasteiger partial charge in [0, 0.05) is 30.9 Å². The fourth-order valence-electron chi connectivity index (χ4n) is 7.85. The first-order valence-electron chi connectivity index (χ1n) is 14.4. The first-order valence-corrected chi connectivity index (χ1v) is 15.2. The van der Waals surface area contributed by atoms with Gasteiger partial charge in [0.25, 0.3) is 0 Å². The molecule has 39 heavy (non-hydrogen) atoms. The molecule has 4 heterocycles. The molecular formula is C31H39N3O4S. The van der Waals surface area contributed by atoms with Gasteiger partial charge in [-0.1, -0.05) is 73.9 Å². The van der Waals surface area contributed by atoms with Crippen LogP contribution >= 0.6 is 11.8 Å². The van der Waals surface area contributed by atoms with Crippen LogP contribution < -0.4 is 0 Å². The Kier molecular flexibility index (Phi) is 6.91. The summed E-state index contributed by atoms with van der Waals surface area (Å²) in [6.45, 7) is 2.82. The first-order chi connectivity index (χ1) is 18.8. The Labute approximate surface area is 235 Å². The number of thioether (sulfide) groups is 1. The molecule has 2 saturated heterocycles. The quantitative estimate of drug-likeness (QED) is 0.571. The summed E-state index contributed by atoms with van der Waals surface area (Å²) < 4.78 is -1.48. The highest BCUT2D eigenvalue weighted by Gasteiger charge is 2.74. The lowest BCUT2D eigenvalue weighted by molar-refractivity contribution is -0.148. The number of carbonyl (C=O) groups excluding carboxylic acids is 3. The summed E-state index contributed by atoms with van der Waals surface area (Å²) in [5.74, 6) is -1.53. The zero-order valence-corrected chi connectivity index (χ0v) is 23.7. The van der Waals surface area contributed by atoms with Crippen molar-refractivity contribution < 1.29 is 19.5 Å². The lowest BCUT2D eigenvalue weighted by Gasteiger charge is -2.42. The van der Waals surface area contributed by atoms with E-state index in [1.54, 1.807) is 28.6 Å². The highest BCUT2D eigenvalue weighted by Crippen LogP contribution is 2.65. The van der Waals surface area contributed by atoms with E-state index in [0.29, 0.717) is 19.5 Å². The number of amides is 3. The van der Waals surface area contributed by atoms with Crippen molar-refractivity contribution in [2.45, 2.75) is 73.1 Å². The molecule has 1 spiro atoms. The van der Waals surface area contributed by atoms with Crippen LogP contribution in [-0.2, 0) is 20.8 Å². The van der Waals surface area contributed by atoms with Gasteiger partial charge in [-0.25, -0.2) is 0 Å². The Morgan fingerprint density at radius 1 is 0.949 bits per heavy atom. The molecular weight excluding hydrogens is 510 g/mol. The van der Waals surface area contributed by atoms with Crippen LogP contribution in [-0.4, -0.2) is 91.9 Å². The van der Waals surface area contributed by atoms with E-state index in [4.69, 9.17) is 0 Å². The molecule has 0 radical (unpaired) electrons. The van der Waals surface area contributed by atoms with Crippen molar-refractivity contribution in [2.75, 3.05) is 26.7 Å². The summed E-state index contributed by atoms with van der Waals surface area (Å²) in [4.78, 5) is 48.6. The Balaban J connectivity index is 1.47. The second kappa shape index (κ2) is 10.1. The maximum absolute atomic E-state index is 14.7. The van der Waals surface area contributed by atoms with Crippen molar-refractivity contribution >= 4 is 29.5 Å². The van der Waals surface area contributed by atoms with E-state index < -0.39 is 33.4 Å². The number of nitrogens with zero attached hydrogens (tertiary/aromatic N) is 3. The highest BCUT2D eigenvalue weighted by atomic mass is 32.2. The van der Waals surface area contributed by atoms with Crippen LogP contribution in [0, 0.1) is 11.8 Å². The van der Waals surface area contributed by atoms with Crippen LogP contribution in [0.25, 0.3) is 0 Å². The number of rotatable bonds is 5. The van der Waals surface area contributed by atoms with E-state index >= 15 is 0 Å². The zero-order chi connectivity index (χ0) is 27.4. The molecule has 1 N–H and O–H groups in total. The number of aliphatic hydroxyl groups is 1. The van der Waals surface area contributed by atoms with Crippen molar-refractivity contribution in [3.05, 3.63) is 60.2 Å². The molecule has 3 fully saturated rings. The van der Waals surface area contributed by atoms with Gasteiger partial charge in [0.1, 0.15) is 6.04 Å². The molecule has 4 aliphatic heterocycles. The molecule has 7 nitrogen and oxygen atoms in total. The normalized spacial score (nSPS) is 35.5. The lowest BCUT2D eigenvalue weighted by Crippen LogP contribution is -2.58. The molecule has 1 aliphatic carbocycles. The fraction of sp³-hybridized carbons (Fsp3) is 0.581. The Bertz CT molecular complexity index is 1200. The molecule has 1 unspecified atom stereocenters. The molecule has 0 aromatic heterocycles. The summed E-state index contributed by atoms with van der Waals surface area (Å²) >= 11 is 1.61. The highest BCUT2D eigenvalue weighted by molar-refractivity contribution is 8.02. The minimum absolute atomic E-state index is 0.0356. The zero-order valence-electron chi connectivity index (χ0n) is 22.9. The largest absolute Gasteiger partial charge is 0.394 e. The number of benzene rings is 1. The monoisotopic (exact) mass is 549 g/mol. The maximum atomic E-state index is 14.7. The number of likely N-dealkylation sites (tertiary alicyclic amines) is 1. The summed E-state index contributed by atoms with van der Waals surface area (Å²) in [5.41, 5.74) is 1.00. The average Bonchev–Trinajstić information content (AvgIpc) is 3.22. The molecule has 3 amide bonds. The van der Waals surface area contributed by atoms with E-state index in [1.165, 1.54) is 6.42 Å². The van der Waals surface area contributed by atoms with Gasteiger partial charge in [-0.15, -0.1) is 11.8 Å². The van der Waals surface area contributed by atoms with Gasteiger partial charge < -0.3 is 19.8 Å². The number of hydrogen-bond donors (Lipinski definition) is 1. The van der Waals surface area contributed by atoms with Gasteiger partial charge in [0.15, 0.2) is 0 Å². The van der Waals surface area contributed by atoms with E-state index in [0.717, 1.165) is 31.2 Å². The van der Waals surface area contributed by atoms with Crippen LogP contribution in [0.3, 0.4) is 0 Å². The maximum Gasteiger partial charge on any atom is 0.247 e. The molecule has 1 aromatic carbocycles. The Morgan fingerprint density at radius 3 is 2.38 bits per heavy atom. The van der Waals surface area contributed by atoms with E-state index in [2.05, 4.69) is 18.2 Å². The van der Waals surface area contributed by atoms with Crippen LogP contribution in [0.1, 0.15) is 44.6 Å².